The lowest BCUT2D eigenvalue weighted by atomic mass is 9.96. The van der Waals surface area contributed by atoms with Gasteiger partial charge in [0.25, 0.3) is 5.91 Å². The molecule has 0 radical (unpaired) electrons. The lowest BCUT2D eigenvalue weighted by Crippen LogP contribution is -2.40. The Hall–Kier alpha value is -4.24. The molecule has 212 valence electrons. The fourth-order valence-electron chi connectivity index (χ4n) is 4.90. The van der Waals surface area contributed by atoms with Crippen molar-refractivity contribution in [3.8, 4) is 23.0 Å². The number of amides is 1. The van der Waals surface area contributed by atoms with Crippen LogP contribution in [0, 0.1) is 6.92 Å². The smallest absolute Gasteiger partial charge is 0.308 e. The van der Waals surface area contributed by atoms with Gasteiger partial charge in [-0.1, -0.05) is 29.8 Å². The van der Waals surface area contributed by atoms with E-state index in [9.17, 15) is 9.59 Å². The Bertz CT molecular complexity index is 1370. The molecule has 0 saturated carbocycles. The maximum Gasteiger partial charge on any atom is 0.308 e. The van der Waals surface area contributed by atoms with Crippen molar-refractivity contribution in [1.29, 1.82) is 0 Å². The second-order valence-electron chi connectivity index (χ2n) is 9.26. The van der Waals surface area contributed by atoms with Gasteiger partial charge in [-0.2, -0.15) is 0 Å². The zero-order valence-corrected chi connectivity index (χ0v) is 23.7. The number of fused-ring (bicyclic) bond motifs is 1. The summed E-state index contributed by atoms with van der Waals surface area (Å²) < 4.78 is 34.0. The van der Waals surface area contributed by atoms with Crippen LogP contribution in [-0.2, 0) is 25.6 Å². The van der Waals surface area contributed by atoms with E-state index in [1.54, 1.807) is 52.4 Å². The highest BCUT2D eigenvalue weighted by Crippen LogP contribution is 2.45. The van der Waals surface area contributed by atoms with Crippen molar-refractivity contribution in [3.63, 3.8) is 0 Å². The third-order valence-corrected chi connectivity index (χ3v) is 6.79. The molecule has 3 aromatic carbocycles. The molecule has 9 heteroatoms. The number of ether oxygens (including phenoxy) is 6. The molecule has 3 aromatic rings. The molecular weight excluding hydrogens is 514 g/mol. The van der Waals surface area contributed by atoms with Crippen LogP contribution in [0.4, 0.5) is 5.69 Å². The van der Waals surface area contributed by atoms with Gasteiger partial charge in [0.15, 0.2) is 11.5 Å². The van der Waals surface area contributed by atoms with Crippen LogP contribution in [0.3, 0.4) is 0 Å². The number of esters is 1. The summed E-state index contributed by atoms with van der Waals surface area (Å²) in [6.07, 6.45) is -2.12. The number of carbonyl (C=O) groups excluding carboxylic acids is 2. The second-order valence-corrected chi connectivity index (χ2v) is 9.26. The van der Waals surface area contributed by atoms with Crippen LogP contribution in [-0.4, -0.2) is 53.0 Å². The Labute approximate surface area is 234 Å². The molecule has 40 heavy (non-hydrogen) atoms. The van der Waals surface area contributed by atoms with Crippen LogP contribution < -0.4 is 23.8 Å². The van der Waals surface area contributed by atoms with Gasteiger partial charge in [-0.3, -0.25) is 9.59 Å². The van der Waals surface area contributed by atoms with Crippen LogP contribution in [0.1, 0.15) is 41.7 Å². The van der Waals surface area contributed by atoms with Gasteiger partial charge in [0.1, 0.15) is 23.7 Å². The van der Waals surface area contributed by atoms with E-state index in [-0.39, 0.29) is 25.5 Å². The molecular formula is C31H35NO8. The highest BCUT2D eigenvalue weighted by atomic mass is 16.5. The molecule has 0 aromatic heterocycles. The van der Waals surface area contributed by atoms with E-state index in [0.29, 0.717) is 34.2 Å². The first-order valence-corrected chi connectivity index (χ1v) is 13.0. The van der Waals surface area contributed by atoms with E-state index in [0.717, 1.165) is 16.7 Å². The van der Waals surface area contributed by atoms with Gasteiger partial charge in [0.2, 0.25) is 0 Å². The molecule has 4 rings (SSSR count). The van der Waals surface area contributed by atoms with E-state index in [4.69, 9.17) is 28.4 Å². The quantitative estimate of drug-likeness (QED) is 0.326. The Morgan fingerprint density at radius 3 is 2.35 bits per heavy atom. The SMILES string of the molecule is CCOC(=O)C[C@@H]1O[C@@H](c2cccc(OC)c2OC)c2cc(C)ccc2N(Cc2ccc(OC)cc2OC)C1=O. The lowest BCUT2D eigenvalue weighted by molar-refractivity contribution is -0.151. The summed E-state index contributed by atoms with van der Waals surface area (Å²) in [7, 11) is 6.26. The molecule has 0 saturated heterocycles. The van der Waals surface area contributed by atoms with Crippen molar-refractivity contribution >= 4 is 17.6 Å². The topological polar surface area (TPSA) is 92.8 Å². The molecule has 1 aliphatic heterocycles. The van der Waals surface area contributed by atoms with E-state index in [1.807, 2.05) is 49.4 Å². The summed E-state index contributed by atoms with van der Waals surface area (Å²) >= 11 is 0. The summed E-state index contributed by atoms with van der Waals surface area (Å²) in [5.74, 6) is 1.30. The maximum absolute atomic E-state index is 14.2. The van der Waals surface area contributed by atoms with Crippen LogP contribution in [0.15, 0.2) is 54.6 Å². The number of hydrogen-bond acceptors (Lipinski definition) is 8. The number of methoxy groups -OCH3 is 4. The Morgan fingerprint density at radius 1 is 0.900 bits per heavy atom. The summed E-state index contributed by atoms with van der Waals surface area (Å²) in [5, 5.41) is 0. The van der Waals surface area contributed by atoms with Crippen molar-refractivity contribution in [1.82, 2.24) is 0 Å². The van der Waals surface area contributed by atoms with Gasteiger partial charge < -0.3 is 33.3 Å². The van der Waals surface area contributed by atoms with Crippen LogP contribution >= 0.6 is 0 Å². The predicted molar refractivity (Wildman–Crippen MR) is 149 cm³/mol. The highest BCUT2D eigenvalue weighted by molar-refractivity contribution is 6.00. The number of carbonyl (C=O) groups is 2. The van der Waals surface area contributed by atoms with E-state index in [2.05, 4.69) is 0 Å². The van der Waals surface area contributed by atoms with Crippen molar-refractivity contribution < 1.29 is 38.0 Å². The number of para-hydroxylation sites is 1. The minimum atomic E-state index is -1.13. The maximum atomic E-state index is 14.2. The molecule has 2 atom stereocenters. The Balaban J connectivity index is 1.90. The molecule has 1 amide bonds. The summed E-state index contributed by atoms with van der Waals surface area (Å²) in [5.41, 5.74) is 3.80. The molecule has 1 heterocycles. The predicted octanol–water partition coefficient (Wildman–Crippen LogP) is 5.00. The van der Waals surface area contributed by atoms with Gasteiger partial charge in [-0.05, 0) is 38.1 Å². The highest BCUT2D eigenvalue weighted by Gasteiger charge is 2.39. The van der Waals surface area contributed by atoms with Crippen molar-refractivity contribution in [2.24, 2.45) is 0 Å². The number of nitrogens with zero attached hydrogens (tertiary/aromatic N) is 1. The fraction of sp³-hybridized carbons (Fsp3) is 0.355. The van der Waals surface area contributed by atoms with Crippen molar-refractivity contribution in [2.75, 3.05) is 39.9 Å². The standard InChI is InChI=1S/C31H35NO8/c1-7-39-28(33)17-27-31(34)32(18-20-12-13-21(35-3)16-26(20)37-5)24-14-11-19(2)15-23(24)29(40-27)22-9-8-10-25(36-4)30(22)38-6/h8-16,27,29H,7,17-18H2,1-6H3/t27-,29-/m0/s1. The molecule has 0 fully saturated rings. The lowest BCUT2D eigenvalue weighted by Gasteiger charge is -2.26. The largest absolute Gasteiger partial charge is 0.497 e. The summed E-state index contributed by atoms with van der Waals surface area (Å²) in [6, 6.07) is 16.8. The van der Waals surface area contributed by atoms with E-state index < -0.39 is 18.2 Å². The first kappa shape index (κ1) is 28.8. The fourth-order valence-corrected chi connectivity index (χ4v) is 4.90. The van der Waals surface area contributed by atoms with Crippen LogP contribution in [0.2, 0.25) is 0 Å². The van der Waals surface area contributed by atoms with Crippen molar-refractivity contribution in [2.45, 2.75) is 39.0 Å². The Morgan fingerprint density at radius 2 is 1.68 bits per heavy atom. The van der Waals surface area contributed by atoms with Crippen molar-refractivity contribution in [3.05, 3.63) is 76.9 Å². The first-order chi connectivity index (χ1) is 19.3. The zero-order chi connectivity index (χ0) is 28.8. The van der Waals surface area contributed by atoms with Gasteiger partial charge in [0.05, 0.1) is 53.7 Å². The minimum Gasteiger partial charge on any atom is -0.497 e. The number of hydrogen-bond donors (Lipinski definition) is 0. The van der Waals surface area contributed by atoms with Gasteiger partial charge in [0, 0.05) is 22.8 Å². The zero-order valence-electron chi connectivity index (χ0n) is 23.7. The van der Waals surface area contributed by atoms with E-state index in [1.165, 1.54) is 0 Å². The van der Waals surface area contributed by atoms with Gasteiger partial charge in [-0.15, -0.1) is 0 Å². The van der Waals surface area contributed by atoms with Crippen LogP contribution in [0.5, 0.6) is 23.0 Å². The molecule has 9 nitrogen and oxygen atoms in total. The molecule has 0 bridgehead atoms. The van der Waals surface area contributed by atoms with Gasteiger partial charge >= 0.3 is 5.97 Å². The monoisotopic (exact) mass is 549 g/mol. The second kappa shape index (κ2) is 12.7. The number of anilines is 1. The third kappa shape index (κ3) is 5.84. The normalized spacial score (nSPS) is 16.6. The number of rotatable bonds is 10. The molecule has 0 unspecified atom stereocenters. The average Bonchev–Trinajstić information content (AvgIpc) is 3.07. The summed E-state index contributed by atoms with van der Waals surface area (Å²) in [4.78, 5) is 28.5. The molecule has 0 N–H and O–H groups in total. The van der Waals surface area contributed by atoms with Gasteiger partial charge in [-0.25, -0.2) is 0 Å². The minimum absolute atomic E-state index is 0.173. The number of benzene rings is 3. The summed E-state index contributed by atoms with van der Waals surface area (Å²) in [6.45, 7) is 4.06. The third-order valence-electron chi connectivity index (χ3n) is 6.79. The van der Waals surface area contributed by atoms with Crippen LogP contribution in [0.25, 0.3) is 0 Å². The number of aryl methyl sites for hydroxylation is 1. The molecule has 0 spiro atoms. The van der Waals surface area contributed by atoms with E-state index >= 15 is 0 Å². The first-order valence-electron chi connectivity index (χ1n) is 13.0. The molecule has 1 aliphatic rings. The molecule has 0 aliphatic carbocycles. The Kier molecular flexibility index (Phi) is 9.16. The average molecular weight is 550 g/mol.